The molecule has 10 nitrogen and oxygen atoms in total. The Bertz CT molecular complexity index is 803. The van der Waals surface area contributed by atoms with Crippen LogP contribution in [0, 0.1) is 5.92 Å². The Morgan fingerprint density at radius 2 is 1.81 bits per heavy atom. The number of hydrogen-bond acceptors (Lipinski definition) is 7. The van der Waals surface area contributed by atoms with Crippen LogP contribution in [-0.4, -0.2) is 51.3 Å². The zero-order valence-electron chi connectivity index (χ0n) is 18.9. The Morgan fingerprint density at radius 3 is 2.38 bits per heavy atom. The highest BCUT2D eigenvalue weighted by molar-refractivity contribution is 5.96. The van der Waals surface area contributed by atoms with Gasteiger partial charge in [0.15, 0.2) is 0 Å². The number of hydrogen-bond donors (Lipinski definition) is 3. The number of rotatable bonds is 9. The molecule has 32 heavy (non-hydrogen) atoms. The Hall–Kier alpha value is -3.04. The van der Waals surface area contributed by atoms with Gasteiger partial charge >= 0.3 is 5.97 Å². The van der Waals surface area contributed by atoms with Crippen LogP contribution in [0.15, 0.2) is 18.6 Å². The molecule has 3 amide bonds. The van der Waals surface area contributed by atoms with Crippen LogP contribution >= 0.6 is 0 Å². The van der Waals surface area contributed by atoms with E-state index in [1.807, 2.05) is 0 Å². The molecule has 1 aromatic heterocycles. The number of ether oxygens (including phenoxy) is 1. The maximum atomic E-state index is 13.2. The molecular weight excluding hydrogens is 414 g/mol. The largest absolute Gasteiger partial charge is 0.458 e. The van der Waals surface area contributed by atoms with Gasteiger partial charge in [0, 0.05) is 18.8 Å². The molecule has 1 aliphatic rings. The van der Waals surface area contributed by atoms with Crippen LogP contribution in [0.1, 0.15) is 76.2 Å². The van der Waals surface area contributed by atoms with E-state index in [1.54, 1.807) is 20.8 Å². The molecule has 0 bridgehead atoms. The maximum Gasteiger partial charge on any atom is 0.329 e. The molecule has 1 aliphatic carbocycles. The number of carbonyl (C=O) groups excluding carboxylic acids is 4. The van der Waals surface area contributed by atoms with Crippen LogP contribution < -0.4 is 16.4 Å². The molecule has 0 spiro atoms. The molecule has 1 aromatic rings. The number of nitrogens with zero attached hydrogens (tertiary/aromatic N) is 2. The van der Waals surface area contributed by atoms with Crippen molar-refractivity contribution in [3.8, 4) is 0 Å². The van der Waals surface area contributed by atoms with E-state index in [9.17, 15) is 19.2 Å². The lowest BCUT2D eigenvalue weighted by Crippen LogP contribution is -2.55. The van der Waals surface area contributed by atoms with Gasteiger partial charge in [-0.1, -0.05) is 19.3 Å². The number of esters is 1. The van der Waals surface area contributed by atoms with E-state index in [0.717, 1.165) is 32.1 Å². The summed E-state index contributed by atoms with van der Waals surface area (Å²) in [6.45, 7) is 5.14. The van der Waals surface area contributed by atoms with E-state index in [1.165, 1.54) is 18.6 Å². The third-order valence-electron chi connectivity index (χ3n) is 5.17. The van der Waals surface area contributed by atoms with E-state index >= 15 is 0 Å². The van der Waals surface area contributed by atoms with Crippen LogP contribution in [-0.2, 0) is 19.1 Å². The van der Waals surface area contributed by atoms with Crippen LogP contribution in [0.25, 0.3) is 0 Å². The molecule has 0 radical (unpaired) electrons. The highest BCUT2D eigenvalue weighted by atomic mass is 16.6. The van der Waals surface area contributed by atoms with Crippen LogP contribution in [0.5, 0.6) is 0 Å². The Morgan fingerprint density at radius 1 is 1.12 bits per heavy atom. The first-order valence-corrected chi connectivity index (χ1v) is 10.9. The summed E-state index contributed by atoms with van der Waals surface area (Å²) in [7, 11) is 0. The maximum absolute atomic E-state index is 13.2. The number of aromatic nitrogens is 2. The molecule has 0 aromatic carbocycles. The van der Waals surface area contributed by atoms with Gasteiger partial charge in [-0.3, -0.25) is 19.4 Å². The minimum atomic E-state index is -1.06. The van der Waals surface area contributed by atoms with Gasteiger partial charge in [0.1, 0.15) is 23.4 Å². The van der Waals surface area contributed by atoms with Crippen LogP contribution in [0.3, 0.4) is 0 Å². The average molecular weight is 448 g/mol. The minimum absolute atomic E-state index is 0.00544. The predicted molar refractivity (Wildman–Crippen MR) is 116 cm³/mol. The second kappa shape index (κ2) is 11.5. The summed E-state index contributed by atoms with van der Waals surface area (Å²) >= 11 is 0. The highest BCUT2D eigenvalue weighted by Gasteiger charge is 2.35. The summed E-state index contributed by atoms with van der Waals surface area (Å²) < 4.78 is 5.40. The lowest BCUT2D eigenvalue weighted by molar-refractivity contribution is -0.159. The van der Waals surface area contributed by atoms with Crippen molar-refractivity contribution in [2.24, 2.45) is 11.7 Å². The number of nitrogens with one attached hydrogen (secondary N) is 2. The van der Waals surface area contributed by atoms with E-state index in [-0.39, 0.29) is 24.5 Å². The fraction of sp³-hybridized carbons (Fsp3) is 0.636. The number of carbonyl (C=O) groups is 4. The summed E-state index contributed by atoms with van der Waals surface area (Å²) in [6, 6.07) is -1.92. The predicted octanol–water partition coefficient (Wildman–Crippen LogP) is 1.25. The topological polar surface area (TPSA) is 153 Å². The first-order chi connectivity index (χ1) is 15.1. The molecule has 176 valence electrons. The van der Waals surface area contributed by atoms with Crippen molar-refractivity contribution >= 4 is 23.7 Å². The van der Waals surface area contributed by atoms with Crippen molar-refractivity contribution in [3.63, 3.8) is 0 Å². The zero-order valence-corrected chi connectivity index (χ0v) is 18.9. The van der Waals surface area contributed by atoms with Gasteiger partial charge in [0.05, 0.1) is 6.20 Å². The summed E-state index contributed by atoms with van der Waals surface area (Å²) in [5.41, 5.74) is 4.56. The molecule has 1 heterocycles. The van der Waals surface area contributed by atoms with Gasteiger partial charge in [-0.05, 0) is 46.0 Å². The monoisotopic (exact) mass is 447 g/mol. The third kappa shape index (κ3) is 8.24. The zero-order chi connectivity index (χ0) is 23.7. The molecule has 1 fully saturated rings. The fourth-order valence-corrected chi connectivity index (χ4v) is 3.67. The summed E-state index contributed by atoms with van der Waals surface area (Å²) in [5, 5.41) is 5.44. The van der Waals surface area contributed by atoms with Gasteiger partial charge in [0.25, 0.3) is 5.91 Å². The van der Waals surface area contributed by atoms with Gasteiger partial charge in [-0.2, -0.15) is 0 Å². The molecule has 2 unspecified atom stereocenters. The van der Waals surface area contributed by atoms with Crippen molar-refractivity contribution in [1.29, 1.82) is 0 Å². The smallest absolute Gasteiger partial charge is 0.329 e. The summed E-state index contributed by atoms with van der Waals surface area (Å²) in [4.78, 5) is 57.7. The van der Waals surface area contributed by atoms with E-state index < -0.39 is 41.4 Å². The fourth-order valence-electron chi connectivity index (χ4n) is 3.67. The lowest BCUT2D eigenvalue weighted by atomic mass is 9.83. The Labute approximate surface area is 188 Å². The lowest BCUT2D eigenvalue weighted by Gasteiger charge is -2.31. The molecule has 4 N–H and O–H groups in total. The molecule has 2 rings (SSSR count). The SMILES string of the molecule is CC(C)(C)OC(=O)C(CCC(N)=O)NC(=O)C(NC(=O)c1cnccn1)C1CCCCC1. The van der Waals surface area contributed by atoms with Crippen molar-refractivity contribution in [2.75, 3.05) is 0 Å². The van der Waals surface area contributed by atoms with Crippen molar-refractivity contribution in [3.05, 3.63) is 24.3 Å². The van der Waals surface area contributed by atoms with E-state index in [4.69, 9.17) is 10.5 Å². The molecule has 10 heteroatoms. The van der Waals surface area contributed by atoms with Gasteiger partial charge in [-0.25, -0.2) is 9.78 Å². The standard InChI is InChI=1S/C22H33N5O5/c1-22(2,3)32-21(31)15(9-10-17(23)28)26-20(30)18(14-7-5-4-6-8-14)27-19(29)16-13-24-11-12-25-16/h11-15,18H,4-10H2,1-3H3,(H2,23,28)(H,26,30)(H,27,29). The molecular formula is C22H33N5O5. The van der Waals surface area contributed by atoms with E-state index in [0.29, 0.717) is 0 Å². The Balaban J connectivity index is 2.19. The highest BCUT2D eigenvalue weighted by Crippen LogP contribution is 2.27. The second-order valence-corrected chi connectivity index (χ2v) is 9.04. The molecule has 2 atom stereocenters. The number of nitrogens with two attached hydrogens (primary N) is 1. The van der Waals surface area contributed by atoms with Crippen molar-refractivity contribution in [2.45, 2.75) is 83.4 Å². The molecule has 0 saturated heterocycles. The summed E-state index contributed by atoms with van der Waals surface area (Å²) in [6.07, 6.45) is 8.60. The molecule has 0 aliphatic heterocycles. The first-order valence-electron chi connectivity index (χ1n) is 10.9. The number of primary amides is 1. The van der Waals surface area contributed by atoms with Crippen LogP contribution in [0.4, 0.5) is 0 Å². The third-order valence-corrected chi connectivity index (χ3v) is 5.17. The van der Waals surface area contributed by atoms with E-state index in [2.05, 4.69) is 20.6 Å². The van der Waals surface area contributed by atoms with Crippen molar-refractivity contribution < 1.29 is 23.9 Å². The minimum Gasteiger partial charge on any atom is -0.458 e. The van der Waals surface area contributed by atoms with Gasteiger partial charge in [0.2, 0.25) is 11.8 Å². The quantitative estimate of drug-likeness (QED) is 0.481. The average Bonchev–Trinajstić information content (AvgIpc) is 2.74. The van der Waals surface area contributed by atoms with Gasteiger partial charge in [-0.15, -0.1) is 0 Å². The van der Waals surface area contributed by atoms with Crippen LogP contribution in [0.2, 0.25) is 0 Å². The first kappa shape index (κ1) is 25.2. The second-order valence-electron chi connectivity index (χ2n) is 9.04. The Kier molecular flexibility index (Phi) is 9.10. The normalized spacial score (nSPS) is 16.5. The number of amides is 3. The van der Waals surface area contributed by atoms with Gasteiger partial charge < -0.3 is 21.1 Å². The van der Waals surface area contributed by atoms with Crippen molar-refractivity contribution in [1.82, 2.24) is 20.6 Å². The molecule has 1 saturated carbocycles. The summed E-state index contributed by atoms with van der Waals surface area (Å²) in [5.74, 6) is -2.36.